The minimum Gasteiger partial charge on any atom is -0.478 e. The number of benzene rings is 3. The summed E-state index contributed by atoms with van der Waals surface area (Å²) in [4.78, 5) is 11.3. The number of carboxylic acids is 1. The molecule has 4 heteroatoms. The first-order valence-electron chi connectivity index (χ1n) is 7.60. The van der Waals surface area contributed by atoms with Gasteiger partial charge in [-0.3, -0.25) is 5.43 Å². The number of fused-ring (bicyclic) bond motifs is 3. The van der Waals surface area contributed by atoms with E-state index in [0.717, 1.165) is 33.7 Å². The number of rotatable bonds is 3. The Balaban J connectivity index is 1.84. The Morgan fingerprint density at radius 3 is 2.21 bits per heavy atom. The number of carboxylic acid groups (broad SMARTS) is 1. The van der Waals surface area contributed by atoms with E-state index in [1.807, 2.05) is 60.7 Å². The molecule has 0 fully saturated rings. The number of hydrazone groups is 1. The van der Waals surface area contributed by atoms with Crippen molar-refractivity contribution >= 4 is 17.4 Å². The second kappa shape index (κ2) is 5.66. The van der Waals surface area contributed by atoms with E-state index in [2.05, 4.69) is 10.5 Å². The zero-order valence-electron chi connectivity index (χ0n) is 12.7. The predicted molar refractivity (Wildman–Crippen MR) is 94.5 cm³/mol. The van der Waals surface area contributed by atoms with Gasteiger partial charge in [0, 0.05) is 11.1 Å². The Kier molecular flexibility index (Phi) is 3.35. The van der Waals surface area contributed by atoms with Gasteiger partial charge in [0.2, 0.25) is 0 Å². The third kappa shape index (κ3) is 2.34. The van der Waals surface area contributed by atoms with Crippen molar-refractivity contribution in [2.24, 2.45) is 5.10 Å². The van der Waals surface area contributed by atoms with E-state index in [-0.39, 0.29) is 5.56 Å². The molecule has 0 aromatic heterocycles. The summed E-state index contributed by atoms with van der Waals surface area (Å²) in [6.45, 7) is 0. The van der Waals surface area contributed by atoms with Crippen molar-refractivity contribution < 1.29 is 9.90 Å². The highest BCUT2D eigenvalue weighted by atomic mass is 16.4. The van der Waals surface area contributed by atoms with Crippen LogP contribution in [0.2, 0.25) is 0 Å². The number of hydrogen-bond donors (Lipinski definition) is 2. The molecule has 1 aliphatic rings. The van der Waals surface area contributed by atoms with Gasteiger partial charge in [-0.05, 0) is 35.4 Å². The van der Waals surface area contributed by atoms with E-state index < -0.39 is 5.97 Å². The Hall–Kier alpha value is -3.40. The maximum Gasteiger partial charge on any atom is 0.335 e. The quantitative estimate of drug-likeness (QED) is 0.556. The third-order valence-electron chi connectivity index (χ3n) is 4.06. The van der Waals surface area contributed by atoms with Crippen LogP contribution in [0.5, 0.6) is 0 Å². The molecule has 0 atom stereocenters. The maximum absolute atomic E-state index is 11.3. The first kappa shape index (κ1) is 14.2. The Morgan fingerprint density at radius 2 is 1.46 bits per heavy atom. The highest BCUT2D eigenvalue weighted by Gasteiger charge is 2.25. The second-order valence-corrected chi connectivity index (χ2v) is 5.55. The Morgan fingerprint density at radius 1 is 0.792 bits per heavy atom. The summed E-state index contributed by atoms with van der Waals surface area (Å²) < 4.78 is 0. The van der Waals surface area contributed by atoms with Gasteiger partial charge in [0.15, 0.2) is 0 Å². The minimum atomic E-state index is -0.941. The summed E-state index contributed by atoms with van der Waals surface area (Å²) in [6, 6.07) is 22.8. The second-order valence-electron chi connectivity index (χ2n) is 5.55. The lowest BCUT2D eigenvalue weighted by atomic mass is 10.0. The molecule has 1 aliphatic carbocycles. The first-order valence-corrected chi connectivity index (χ1v) is 7.60. The largest absolute Gasteiger partial charge is 0.478 e. The molecule has 2 N–H and O–H groups in total. The number of hydrogen-bond acceptors (Lipinski definition) is 3. The number of nitrogens with one attached hydrogen (secondary N) is 1. The highest BCUT2D eigenvalue weighted by Crippen LogP contribution is 2.37. The van der Waals surface area contributed by atoms with Crippen molar-refractivity contribution in [1.82, 2.24) is 0 Å². The lowest BCUT2D eigenvalue weighted by Crippen LogP contribution is -2.04. The van der Waals surface area contributed by atoms with E-state index >= 15 is 0 Å². The van der Waals surface area contributed by atoms with E-state index in [4.69, 9.17) is 0 Å². The molecule has 0 unspecified atom stereocenters. The maximum atomic E-state index is 11.3. The predicted octanol–water partition coefficient (Wildman–Crippen LogP) is 4.23. The van der Waals surface area contributed by atoms with Gasteiger partial charge in [-0.1, -0.05) is 48.5 Å². The van der Waals surface area contributed by atoms with E-state index in [9.17, 15) is 9.90 Å². The van der Waals surface area contributed by atoms with E-state index in [1.54, 1.807) is 12.1 Å². The lowest BCUT2D eigenvalue weighted by molar-refractivity contribution is 0.0697. The average Bonchev–Trinajstić information content (AvgIpc) is 2.94. The molecule has 4 nitrogen and oxygen atoms in total. The average molecular weight is 314 g/mol. The molecule has 0 heterocycles. The molecule has 116 valence electrons. The first-order chi connectivity index (χ1) is 11.7. The summed E-state index contributed by atoms with van der Waals surface area (Å²) in [5.41, 5.74) is 8.86. The molecule has 0 radical (unpaired) electrons. The van der Waals surface area contributed by atoms with Gasteiger partial charge in [-0.25, -0.2) is 4.79 Å². The fourth-order valence-electron chi connectivity index (χ4n) is 2.93. The minimum absolute atomic E-state index is 0.258. The molecular formula is C20H14N2O2. The normalized spacial score (nSPS) is 13.4. The summed E-state index contributed by atoms with van der Waals surface area (Å²) in [6.07, 6.45) is 0. The van der Waals surface area contributed by atoms with Crippen LogP contribution in [-0.4, -0.2) is 16.8 Å². The molecule has 0 bridgehead atoms. The summed E-state index contributed by atoms with van der Waals surface area (Å²) >= 11 is 0. The number of nitrogens with zero attached hydrogens (tertiary/aromatic N) is 1. The van der Waals surface area contributed by atoms with Crippen LogP contribution in [0.4, 0.5) is 5.69 Å². The Labute approximate surface area is 139 Å². The highest BCUT2D eigenvalue weighted by molar-refractivity contribution is 6.25. The van der Waals surface area contributed by atoms with Crippen molar-refractivity contribution in [3.05, 3.63) is 89.5 Å². The van der Waals surface area contributed by atoms with Gasteiger partial charge in [0.05, 0.1) is 17.0 Å². The van der Waals surface area contributed by atoms with Gasteiger partial charge in [-0.15, -0.1) is 0 Å². The zero-order valence-corrected chi connectivity index (χ0v) is 12.7. The molecule has 3 aromatic rings. The van der Waals surface area contributed by atoms with Crippen LogP contribution in [0.15, 0.2) is 77.9 Å². The van der Waals surface area contributed by atoms with Crippen LogP contribution in [0.25, 0.3) is 11.1 Å². The summed E-state index contributed by atoms with van der Waals surface area (Å²) in [5.74, 6) is -0.941. The molecule has 0 saturated carbocycles. The van der Waals surface area contributed by atoms with Crippen LogP contribution < -0.4 is 5.43 Å². The van der Waals surface area contributed by atoms with Gasteiger partial charge in [0.25, 0.3) is 0 Å². The molecular weight excluding hydrogens is 300 g/mol. The molecule has 0 amide bonds. The Bertz CT molecular complexity index is 962. The fourth-order valence-corrected chi connectivity index (χ4v) is 2.93. The third-order valence-corrected chi connectivity index (χ3v) is 4.06. The topological polar surface area (TPSA) is 61.7 Å². The van der Waals surface area contributed by atoms with E-state index in [1.165, 1.54) is 0 Å². The molecule has 0 spiro atoms. The molecule has 0 saturated heterocycles. The van der Waals surface area contributed by atoms with Gasteiger partial charge in [-0.2, -0.15) is 5.10 Å². The molecule has 3 aromatic carbocycles. The molecule has 4 rings (SSSR count). The van der Waals surface area contributed by atoms with Gasteiger partial charge >= 0.3 is 5.97 Å². The number of anilines is 1. The smallest absolute Gasteiger partial charge is 0.335 e. The van der Waals surface area contributed by atoms with Crippen LogP contribution in [-0.2, 0) is 0 Å². The van der Waals surface area contributed by atoms with Gasteiger partial charge in [0.1, 0.15) is 0 Å². The SMILES string of the molecule is O=C(O)c1ccc2c(c1)/C(=N/Nc1ccccc1)c1ccccc1-2. The van der Waals surface area contributed by atoms with Crippen LogP contribution in [0.3, 0.4) is 0 Å². The van der Waals surface area contributed by atoms with Gasteiger partial charge < -0.3 is 5.11 Å². The number of para-hydroxylation sites is 1. The molecule has 0 aliphatic heterocycles. The zero-order chi connectivity index (χ0) is 16.5. The summed E-state index contributed by atoms with van der Waals surface area (Å²) in [5, 5.41) is 13.8. The summed E-state index contributed by atoms with van der Waals surface area (Å²) in [7, 11) is 0. The van der Waals surface area contributed by atoms with Crippen molar-refractivity contribution in [3.8, 4) is 11.1 Å². The molecule has 24 heavy (non-hydrogen) atoms. The van der Waals surface area contributed by atoms with Crippen molar-refractivity contribution in [2.75, 3.05) is 5.43 Å². The fraction of sp³-hybridized carbons (Fsp3) is 0. The van der Waals surface area contributed by atoms with Crippen molar-refractivity contribution in [3.63, 3.8) is 0 Å². The lowest BCUT2D eigenvalue weighted by Gasteiger charge is -2.05. The number of aromatic carboxylic acids is 1. The van der Waals surface area contributed by atoms with Crippen molar-refractivity contribution in [1.29, 1.82) is 0 Å². The van der Waals surface area contributed by atoms with Crippen LogP contribution in [0.1, 0.15) is 21.5 Å². The monoisotopic (exact) mass is 314 g/mol. The van der Waals surface area contributed by atoms with E-state index in [0.29, 0.717) is 0 Å². The number of carbonyl (C=O) groups is 1. The van der Waals surface area contributed by atoms with Crippen molar-refractivity contribution in [2.45, 2.75) is 0 Å². The van der Waals surface area contributed by atoms with Crippen LogP contribution in [0, 0.1) is 0 Å². The van der Waals surface area contributed by atoms with Crippen LogP contribution >= 0.6 is 0 Å². The standard InChI is InChI=1S/C20H14N2O2/c23-20(24)13-10-11-16-15-8-4-5-9-17(15)19(18(16)12-13)22-21-14-6-2-1-3-7-14/h1-12,21H,(H,23,24)/b22-19+.